The van der Waals surface area contributed by atoms with Crippen LogP contribution in [0.2, 0.25) is 0 Å². The van der Waals surface area contributed by atoms with Crippen molar-refractivity contribution in [2.75, 3.05) is 7.05 Å². The zero-order valence-corrected chi connectivity index (χ0v) is 10.8. The highest BCUT2D eigenvalue weighted by molar-refractivity contribution is 5.94. The van der Waals surface area contributed by atoms with Gasteiger partial charge in [-0.05, 0) is 25.1 Å². The minimum Gasteiger partial charge on any atom is -0.464 e. The third kappa shape index (κ3) is 2.99. The molecule has 19 heavy (non-hydrogen) atoms. The summed E-state index contributed by atoms with van der Waals surface area (Å²) in [6.07, 6.45) is 2.87. The average molecular weight is 255 g/mol. The summed E-state index contributed by atoms with van der Waals surface area (Å²) in [4.78, 5) is 17.6. The second-order valence-electron chi connectivity index (χ2n) is 4.25. The first-order valence-electron chi connectivity index (χ1n) is 5.76. The number of aryl methyl sites for hydroxylation is 1. The number of hydrogen-bond acceptors (Lipinski definition) is 4. The summed E-state index contributed by atoms with van der Waals surface area (Å²) in [6.45, 7) is 2.23. The Hall–Kier alpha value is -2.61. The van der Waals surface area contributed by atoms with Gasteiger partial charge in [-0.15, -0.1) is 0 Å². The molecule has 0 spiro atoms. The number of nitriles is 1. The Kier molecular flexibility index (Phi) is 3.62. The van der Waals surface area contributed by atoms with Crippen LogP contribution < -0.4 is 0 Å². The van der Waals surface area contributed by atoms with E-state index in [0.29, 0.717) is 17.7 Å². The molecule has 0 bridgehead atoms. The van der Waals surface area contributed by atoms with Crippen LogP contribution in [0.25, 0.3) is 0 Å². The van der Waals surface area contributed by atoms with Crippen molar-refractivity contribution in [3.63, 3.8) is 0 Å². The van der Waals surface area contributed by atoms with Crippen molar-refractivity contribution < 1.29 is 9.21 Å². The van der Waals surface area contributed by atoms with Crippen molar-refractivity contribution in [1.29, 1.82) is 5.26 Å². The molecule has 2 rings (SSSR count). The van der Waals surface area contributed by atoms with Gasteiger partial charge in [0.15, 0.2) is 0 Å². The molecule has 0 N–H and O–H groups in total. The van der Waals surface area contributed by atoms with Gasteiger partial charge >= 0.3 is 0 Å². The number of carbonyl (C=O) groups is 1. The minimum atomic E-state index is -0.196. The Balaban J connectivity index is 2.12. The van der Waals surface area contributed by atoms with Gasteiger partial charge < -0.3 is 9.32 Å². The molecule has 0 aliphatic rings. The fourth-order valence-corrected chi connectivity index (χ4v) is 1.71. The van der Waals surface area contributed by atoms with E-state index in [1.165, 1.54) is 23.4 Å². The van der Waals surface area contributed by atoms with E-state index >= 15 is 0 Å². The van der Waals surface area contributed by atoms with E-state index in [9.17, 15) is 4.79 Å². The van der Waals surface area contributed by atoms with E-state index < -0.39 is 0 Å². The lowest BCUT2D eigenvalue weighted by atomic mass is 10.2. The van der Waals surface area contributed by atoms with Crippen molar-refractivity contribution in [2.45, 2.75) is 13.5 Å². The Bertz CT molecular complexity index is 640. The topological polar surface area (TPSA) is 70.1 Å². The van der Waals surface area contributed by atoms with Crippen LogP contribution in [0.3, 0.4) is 0 Å². The maximum absolute atomic E-state index is 12.2. The van der Waals surface area contributed by atoms with Gasteiger partial charge in [0.05, 0.1) is 17.7 Å². The summed E-state index contributed by atoms with van der Waals surface area (Å²) >= 11 is 0. The molecule has 96 valence electrons. The second-order valence-corrected chi connectivity index (χ2v) is 4.25. The van der Waals surface area contributed by atoms with Gasteiger partial charge in [-0.3, -0.25) is 9.78 Å². The fourth-order valence-electron chi connectivity index (χ4n) is 1.71. The third-order valence-corrected chi connectivity index (χ3v) is 2.65. The van der Waals surface area contributed by atoms with E-state index in [-0.39, 0.29) is 5.91 Å². The van der Waals surface area contributed by atoms with Crippen molar-refractivity contribution in [2.24, 2.45) is 0 Å². The third-order valence-electron chi connectivity index (χ3n) is 2.65. The Morgan fingerprint density at radius 2 is 2.26 bits per heavy atom. The molecule has 0 radical (unpaired) electrons. The molecule has 5 nitrogen and oxygen atoms in total. The zero-order chi connectivity index (χ0) is 13.8. The predicted octanol–water partition coefficient (Wildman–Crippen LogP) is 2.13. The van der Waals surface area contributed by atoms with Crippen molar-refractivity contribution in [1.82, 2.24) is 9.88 Å². The van der Waals surface area contributed by atoms with E-state index in [0.717, 1.165) is 11.5 Å². The average Bonchev–Trinajstić information content (AvgIpc) is 2.83. The van der Waals surface area contributed by atoms with Gasteiger partial charge in [-0.25, -0.2) is 0 Å². The number of hydrogen-bond donors (Lipinski definition) is 0. The van der Waals surface area contributed by atoms with Gasteiger partial charge in [0.1, 0.15) is 17.6 Å². The maximum atomic E-state index is 12.2. The van der Waals surface area contributed by atoms with E-state index in [4.69, 9.17) is 9.68 Å². The van der Waals surface area contributed by atoms with Crippen LogP contribution in [0.4, 0.5) is 0 Å². The molecule has 0 aliphatic carbocycles. The zero-order valence-electron chi connectivity index (χ0n) is 10.8. The number of nitrogens with zero attached hydrogens (tertiary/aromatic N) is 3. The number of amides is 1. The molecular formula is C14H13N3O2. The normalized spacial score (nSPS) is 9.95. The monoisotopic (exact) mass is 255 g/mol. The van der Waals surface area contributed by atoms with Crippen LogP contribution in [-0.4, -0.2) is 22.8 Å². The second kappa shape index (κ2) is 5.36. The molecule has 0 saturated carbocycles. The van der Waals surface area contributed by atoms with Gasteiger partial charge in [0.2, 0.25) is 0 Å². The van der Waals surface area contributed by atoms with Crippen molar-refractivity contribution in [3.8, 4) is 6.07 Å². The van der Waals surface area contributed by atoms with E-state index in [2.05, 4.69) is 4.98 Å². The first-order chi connectivity index (χ1) is 9.10. The van der Waals surface area contributed by atoms with E-state index in [1.54, 1.807) is 7.05 Å². The molecular weight excluding hydrogens is 242 g/mol. The largest absolute Gasteiger partial charge is 0.464 e. The lowest BCUT2D eigenvalue weighted by Gasteiger charge is -2.15. The quantitative estimate of drug-likeness (QED) is 0.842. The van der Waals surface area contributed by atoms with Crippen molar-refractivity contribution in [3.05, 3.63) is 53.2 Å². The van der Waals surface area contributed by atoms with Crippen LogP contribution >= 0.6 is 0 Å². The van der Waals surface area contributed by atoms with Gasteiger partial charge in [-0.1, -0.05) is 0 Å². The highest BCUT2D eigenvalue weighted by atomic mass is 16.3. The molecule has 0 atom stereocenters. The summed E-state index contributed by atoms with van der Waals surface area (Å²) in [6, 6.07) is 7.18. The highest BCUT2D eigenvalue weighted by Gasteiger charge is 2.14. The van der Waals surface area contributed by atoms with Gasteiger partial charge in [0.25, 0.3) is 5.91 Å². The van der Waals surface area contributed by atoms with Gasteiger partial charge in [-0.2, -0.15) is 5.26 Å². The molecule has 0 aromatic carbocycles. The van der Waals surface area contributed by atoms with E-state index in [1.807, 2.05) is 25.1 Å². The van der Waals surface area contributed by atoms with Crippen LogP contribution in [0.5, 0.6) is 0 Å². The standard InChI is InChI=1S/C14H13N3O2/c1-10-3-4-13(19-10)9-17(2)14(18)12-5-11(6-15)7-16-8-12/h3-5,7-8H,9H2,1-2H3. The number of carbonyl (C=O) groups excluding carboxylic acids is 1. The maximum Gasteiger partial charge on any atom is 0.255 e. The smallest absolute Gasteiger partial charge is 0.255 e. The van der Waals surface area contributed by atoms with Gasteiger partial charge in [0, 0.05) is 19.4 Å². The Labute approximate surface area is 111 Å². The summed E-state index contributed by atoms with van der Waals surface area (Å²) in [7, 11) is 1.68. The Morgan fingerprint density at radius 3 is 2.89 bits per heavy atom. The van der Waals surface area contributed by atoms with Crippen LogP contribution in [-0.2, 0) is 6.54 Å². The first kappa shape index (κ1) is 12.8. The molecule has 0 unspecified atom stereocenters. The first-order valence-corrected chi connectivity index (χ1v) is 5.76. The SMILES string of the molecule is Cc1ccc(CN(C)C(=O)c2cncc(C#N)c2)o1. The lowest BCUT2D eigenvalue weighted by Crippen LogP contribution is -2.26. The molecule has 1 amide bonds. The van der Waals surface area contributed by atoms with Crippen molar-refractivity contribution >= 4 is 5.91 Å². The molecule has 2 aromatic heterocycles. The number of furan rings is 1. The highest BCUT2D eigenvalue weighted by Crippen LogP contribution is 2.11. The number of rotatable bonds is 3. The minimum absolute atomic E-state index is 0.196. The predicted molar refractivity (Wildman–Crippen MR) is 68.2 cm³/mol. The van der Waals surface area contributed by atoms with Crippen LogP contribution in [0, 0.1) is 18.3 Å². The summed E-state index contributed by atoms with van der Waals surface area (Å²) in [5.74, 6) is 1.33. The summed E-state index contributed by atoms with van der Waals surface area (Å²) in [5.41, 5.74) is 0.762. The number of pyridine rings is 1. The lowest BCUT2D eigenvalue weighted by molar-refractivity contribution is 0.0774. The molecule has 0 saturated heterocycles. The molecule has 0 fully saturated rings. The molecule has 2 aromatic rings. The summed E-state index contributed by atoms with van der Waals surface area (Å²) < 4.78 is 5.42. The molecule has 0 aliphatic heterocycles. The molecule has 5 heteroatoms. The number of aromatic nitrogens is 1. The van der Waals surface area contributed by atoms with Crippen LogP contribution in [0.1, 0.15) is 27.4 Å². The van der Waals surface area contributed by atoms with Crippen LogP contribution in [0.15, 0.2) is 35.0 Å². The fraction of sp³-hybridized carbons (Fsp3) is 0.214. The summed E-state index contributed by atoms with van der Waals surface area (Å²) in [5, 5.41) is 8.79. The Morgan fingerprint density at radius 1 is 1.47 bits per heavy atom. The molecule has 2 heterocycles.